The zero-order valence-electron chi connectivity index (χ0n) is 11.1. The molecule has 2 N–H and O–H groups in total. The molecule has 0 aromatic heterocycles. The third kappa shape index (κ3) is 6.11. The standard InChI is InChI=1S/C11H23N3O3/c1-9(2)14(8-10(15)16)11(17)13(4)7-5-6-12-3/h9,12H,5-8H2,1-4H3,(H,15,16). The van der Waals surface area contributed by atoms with Crippen molar-refractivity contribution in [2.24, 2.45) is 0 Å². The molecule has 0 aliphatic heterocycles. The van der Waals surface area contributed by atoms with Crippen LogP contribution in [0.4, 0.5) is 4.79 Å². The summed E-state index contributed by atoms with van der Waals surface area (Å²) < 4.78 is 0. The van der Waals surface area contributed by atoms with Crippen LogP contribution in [-0.2, 0) is 4.79 Å². The Morgan fingerprint density at radius 3 is 2.35 bits per heavy atom. The van der Waals surface area contributed by atoms with Crippen LogP contribution >= 0.6 is 0 Å². The second-order valence-electron chi connectivity index (χ2n) is 4.28. The van der Waals surface area contributed by atoms with Crippen LogP contribution in [-0.4, -0.2) is 66.7 Å². The van der Waals surface area contributed by atoms with Crippen LogP contribution in [0.5, 0.6) is 0 Å². The first-order valence-electron chi connectivity index (χ1n) is 5.78. The summed E-state index contributed by atoms with van der Waals surface area (Å²) in [5.41, 5.74) is 0. The van der Waals surface area contributed by atoms with E-state index in [-0.39, 0.29) is 18.6 Å². The molecule has 0 aliphatic carbocycles. The number of carboxylic acid groups (broad SMARTS) is 1. The van der Waals surface area contributed by atoms with Gasteiger partial charge in [0.25, 0.3) is 0 Å². The number of aliphatic carboxylic acids is 1. The number of amides is 2. The highest BCUT2D eigenvalue weighted by Gasteiger charge is 2.22. The number of carboxylic acids is 1. The first-order chi connectivity index (χ1) is 7.90. The molecule has 0 saturated heterocycles. The first-order valence-corrected chi connectivity index (χ1v) is 5.78. The molecule has 0 radical (unpaired) electrons. The van der Waals surface area contributed by atoms with Crippen molar-refractivity contribution in [2.45, 2.75) is 26.3 Å². The van der Waals surface area contributed by atoms with Gasteiger partial charge in [-0.3, -0.25) is 4.79 Å². The lowest BCUT2D eigenvalue weighted by Crippen LogP contribution is -2.47. The molecule has 100 valence electrons. The maximum Gasteiger partial charge on any atom is 0.323 e. The molecule has 0 atom stereocenters. The largest absolute Gasteiger partial charge is 0.480 e. The molecular weight excluding hydrogens is 222 g/mol. The Kier molecular flexibility index (Phi) is 7.29. The van der Waals surface area contributed by atoms with Crippen molar-refractivity contribution in [3.8, 4) is 0 Å². The Labute approximate surface area is 103 Å². The van der Waals surface area contributed by atoms with E-state index >= 15 is 0 Å². The number of nitrogens with one attached hydrogen (secondary N) is 1. The molecule has 17 heavy (non-hydrogen) atoms. The Hall–Kier alpha value is -1.30. The smallest absolute Gasteiger partial charge is 0.323 e. The van der Waals surface area contributed by atoms with E-state index in [1.165, 1.54) is 4.90 Å². The zero-order valence-corrected chi connectivity index (χ0v) is 11.1. The molecule has 0 saturated carbocycles. The lowest BCUT2D eigenvalue weighted by atomic mass is 10.3. The fourth-order valence-corrected chi connectivity index (χ4v) is 1.42. The Bertz CT molecular complexity index is 256. The van der Waals surface area contributed by atoms with Crippen molar-refractivity contribution in [1.29, 1.82) is 0 Å². The number of hydrogen-bond acceptors (Lipinski definition) is 3. The topological polar surface area (TPSA) is 72.9 Å². The minimum atomic E-state index is -0.990. The van der Waals surface area contributed by atoms with E-state index in [1.54, 1.807) is 11.9 Å². The predicted octanol–water partition coefficient (Wildman–Crippen LogP) is 0.443. The van der Waals surface area contributed by atoms with E-state index in [2.05, 4.69) is 5.32 Å². The quantitative estimate of drug-likeness (QED) is 0.638. The highest BCUT2D eigenvalue weighted by Crippen LogP contribution is 2.03. The molecule has 0 unspecified atom stereocenters. The van der Waals surface area contributed by atoms with E-state index in [1.807, 2.05) is 20.9 Å². The lowest BCUT2D eigenvalue weighted by Gasteiger charge is -2.30. The van der Waals surface area contributed by atoms with Crippen molar-refractivity contribution in [2.75, 3.05) is 33.7 Å². The van der Waals surface area contributed by atoms with Crippen LogP contribution in [0.3, 0.4) is 0 Å². The molecule has 0 aromatic carbocycles. The van der Waals surface area contributed by atoms with Gasteiger partial charge in [0.1, 0.15) is 6.54 Å². The summed E-state index contributed by atoms with van der Waals surface area (Å²) in [5, 5.41) is 11.8. The number of rotatable bonds is 7. The Morgan fingerprint density at radius 2 is 1.94 bits per heavy atom. The van der Waals surface area contributed by atoms with Crippen LogP contribution in [0.25, 0.3) is 0 Å². The number of hydrogen-bond donors (Lipinski definition) is 2. The number of carbonyl (C=O) groups excluding carboxylic acids is 1. The van der Waals surface area contributed by atoms with Crippen molar-refractivity contribution in [3.05, 3.63) is 0 Å². The monoisotopic (exact) mass is 245 g/mol. The van der Waals surface area contributed by atoms with Gasteiger partial charge in [-0.2, -0.15) is 0 Å². The summed E-state index contributed by atoms with van der Waals surface area (Å²) in [4.78, 5) is 25.6. The van der Waals surface area contributed by atoms with Crippen LogP contribution in [0.15, 0.2) is 0 Å². The Balaban J connectivity index is 4.34. The molecule has 6 nitrogen and oxygen atoms in total. The second kappa shape index (κ2) is 7.89. The summed E-state index contributed by atoms with van der Waals surface area (Å²) in [6.07, 6.45) is 0.845. The van der Waals surface area contributed by atoms with Crippen LogP contribution in [0.2, 0.25) is 0 Å². The van der Waals surface area contributed by atoms with E-state index in [0.717, 1.165) is 13.0 Å². The summed E-state index contributed by atoms with van der Waals surface area (Å²) in [6, 6.07) is -0.358. The maximum absolute atomic E-state index is 12.0. The summed E-state index contributed by atoms with van der Waals surface area (Å²) >= 11 is 0. The SMILES string of the molecule is CNCCCN(C)C(=O)N(CC(=O)O)C(C)C. The van der Waals surface area contributed by atoms with E-state index < -0.39 is 5.97 Å². The highest BCUT2D eigenvalue weighted by atomic mass is 16.4. The normalized spacial score (nSPS) is 10.4. The summed E-state index contributed by atoms with van der Waals surface area (Å²) in [6.45, 7) is 4.80. The summed E-state index contributed by atoms with van der Waals surface area (Å²) in [5.74, 6) is -0.990. The van der Waals surface area contributed by atoms with Gasteiger partial charge >= 0.3 is 12.0 Å². The van der Waals surface area contributed by atoms with Gasteiger partial charge in [0.15, 0.2) is 0 Å². The van der Waals surface area contributed by atoms with Crippen LogP contribution in [0.1, 0.15) is 20.3 Å². The molecule has 0 aliphatic rings. The minimum Gasteiger partial charge on any atom is -0.480 e. The van der Waals surface area contributed by atoms with Gasteiger partial charge < -0.3 is 20.2 Å². The third-order valence-corrected chi connectivity index (χ3v) is 2.42. The zero-order chi connectivity index (χ0) is 13.4. The van der Waals surface area contributed by atoms with Crippen molar-refractivity contribution >= 4 is 12.0 Å². The van der Waals surface area contributed by atoms with Crippen LogP contribution < -0.4 is 5.32 Å². The molecule has 0 fully saturated rings. The fraction of sp³-hybridized carbons (Fsp3) is 0.818. The van der Waals surface area contributed by atoms with Gasteiger partial charge in [0, 0.05) is 19.6 Å². The highest BCUT2D eigenvalue weighted by molar-refractivity contribution is 5.80. The van der Waals surface area contributed by atoms with E-state index in [0.29, 0.717) is 6.54 Å². The van der Waals surface area contributed by atoms with E-state index in [4.69, 9.17) is 5.11 Å². The Morgan fingerprint density at radius 1 is 1.35 bits per heavy atom. The molecule has 0 rings (SSSR count). The lowest BCUT2D eigenvalue weighted by molar-refractivity contribution is -0.138. The van der Waals surface area contributed by atoms with Gasteiger partial charge in [-0.25, -0.2) is 4.79 Å². The average Bonchev–Trinajstić information content (AvgIpc) is 2.24. The van der Waals surface area contributed by atoms with Gasteiger partial charge in [-0.1, -0.05) is 0 Å². The maximum atomic E-state index is 12.0. The molecule has 6 heteroatoms. The van der Waals surface area contributed by atoms with E-state index in [9.17, 15) is 9.59 Å². The number of urea groups is 1. The van der Waals surface area contributed by atoms with Gasteiger partial charge in [-0.15, -0.1) is 0 Å². The molecule has 0 spiro atoms. The first kappa shape index (κ1) is 15.7. The van der Waals surface area contributed by atoms with Crippen LogP contribution in [0, 0.1) is 0 Å². The van der Waals surface area contributed by atoms with Gasteiger partial charge in [-0.05, 0) is 33.9 Å². The van der Waals surface area contributed by atoms with Gasteiger partial charge in [0.05, 0.1) is 0 Å². The predicted molar refractivity (Wildman–Crippen MR) is 66.0 cm³/mol. The van der Waals surface area contributed by atoms with Gasteiger partial charge in [0.2, 0.25) is 0 Å². The average molecular weight is 245 g/mol. The van der Waals surface area contributed by atoms with Crippen molar-refractivity contribution in [3.63, 3.8) is 0 Å². The summed E-state index contributed by atoms with van der Waals surface area (Å²) in [7, 11) is 3.54. The molecule has 0 aromatic rings. The molecule has 0 heterocycles. The molecule has 2 amide bonds. The second-order valence-corrected chi connectivity index (χ2v) is 4.28. The fourth-order valence-electron chi connectivity index (χ4n) is 1.42. The number of nitrogens with zero attached hydrogens (tertiary/aromatic N) is 2. The third-order valence-electron chi connectivity index (χ3n) is 2.42. The molecular formula is C11H23N3O3. The minimum absolute atomic E-state index is 0.120. The number of carbonyl (C=O) groups is 2. The molecule has 0 bridgehead atoms. The van der Waals surface area contributed by atoms with Crippen molar-refractivity contribution < 1.29 is 14.7 Å². The van der Waals surface area contributed by atoms with Crippen molar-refractivity contribution in [1.82, 2.24) is 15.1 Å².